The zero-order valence-electron chi connectivity index (χ0n) is 72.6. The Morgan fingerprint density at radius 3 is 0.427 bits per heavy atom. The van der Waals surface area contributed by atoms with Crippen molar-refractivity contribution in [3.05, 3.63) is 231 Å². The third-order valence-electron chi connectivity index (χ3n) is 22.2. The fourth-order valence-corrected chi connectivity index (χ4v) is 15.8. The first-order valence-corrected chi connectivity index (χ1v) is 40.8. The van der Waals surface area contributed by atoms with Gasteiger partial charge in [0.05, 0.1) is 26.4 Å². The molecule has 8 aromatic rings. The molecular weight excluding hydrogens is 1360 g/mol. The van der Waals surface area contributed by atoms with E-state index in [4.69, 9.17) is 47.4 Å². The minimum Gasteiger partial charge on any atom is -0.493 e. The molecular formula is C100H132O10. The fraction of sp³-hybridized carbons (Fsp3) is 0.520. The van der Waals surface area contributed by atoms with E-state index < -0.39 is 0 Å². The Balaban J connectivity index is 1.37. The van der Waals surface area contributed by atoms with Gasteiger partial charge in [0.25, 0.3) is 0 Å². The highest BCUT2D eigenvalue weighted by Gasteiger charge is 2.34. The number of fused-ring (bicyclic) bond motifs is 8. The van der Waals surface area contributed by atoms with Crippen LogP contribution >= 0.6 is 0 Å². The van der Waals surface area contributed by atoms with Gasteiger partial charge in [0.1, 0.15) is 46.0 Å². The lowest BCUT2D eigenvalue weighted by Crippen LogP contribution is -2.19. The molecule has 0 N–H and O–H groups in total. The Hall–Kier alpha value is -7.92. The second-order valence-electron chi connectivity index (χ2n) is 39.6. The predicted octanol–water partition coefficient (Wildman–Crippen LogP) is 24.1. The van der Waals surface area contributed by atoms with Crippen LogP contribution in [0.5, 0.6) is 46.0 Å². The molecule has 0 saturated carbocycles. The molecule has 0 unspecified atom stereocenters. The van der Waals surface area contributed by atoms with Crippen LogP contribution in [0, 0.1) is 0 Å². The Labute approximate surface area is 662 Å². The van der Waals surface area contributed by atoms with Crippen LogP contribution in [0.3, 0.4) is 0 Å². The summed E-state index contributed by atoms with van der Waals surface area (Å²) in [6.45, 7) is 65.2. The van der Waals surface area contributed by atoms with Crippen molar-refractivity contribution in [1.82, 2.24) is 0 Å². The average molecular weight is 1490 g/mol. The number of hydrogen-bond donors (Lipinski definition) is 0. The van der Waals surface area contributed by atoms with Crippen molar-refractivity contribution in [2.75, 3.05) is 53.6 Å². The van der Waals surface area contributed by atoms with Gasteiger partial charge in [-0.15, -0.1) is 0 Å². The second kappa shape index (κ2) is 31.9. The highest BCUT2D eigenvalue weighted by molar-refractivity contribution is 5.63. The third-order valence-corrected chi connectivity index (χ3v) is 22.2. The average Bonchev–Trinajstić information content (AvgIpc) is 0.767. The lowest BCUT2D eigenvalue weighted by molar-refractivity contribution is -0.0550. The molecule has 0 radical (unpaired) electrons. The summed E-state index contributed by atoms with van der Waals surface area (Å²) in [5.41, 5.74) is 24.1. The molecule has 0 aromatic heterocycles. The zero-order chi connectivity index (χ0) is 80.2. The Morgan fingerprint density at radius 1 is 0.200 bits per heavy atom. The maximum Gasteiger partial charge on any atom is 0.192 e. The summed E-state index contributed by atoms with van der Waals surface area (Å²) in [5, 5.41) is 0. The second-order valence-corrected chi connectivity index (χ2v) is 39.6. The van der Waals surface area contributed by atoms with Crippen LogP contribution < -0.4 is 37.9 Å². The van der Waals surface area contributed by atoms with Gasteiger partial charge >= 0.3 is 0 Å². The first kappa shape index (κ1) is 83.0. The van der Waals surface area contributed by atoms with Gasteiger partial charge in [0.15, 0.2) is 27.2 Å². The van der Waals surface area contributed by atoms with Crippen LogP contribution in [0.2, 0.25) is 0 Å². The van der Waals surface area contributed by atoms with Crippen molar-refractivity contribution >= 4 is 0 Å². The number of rotatable bonds is 8. The number of ether oxygens (including phenoxy) is 10. The fourth-order valence-electron chi connectivity index (χ4n) is 15.8. The Morgan fingerprint density at radius 2 is 0.318 bits per heavy atom. The maximum absolute atomic E-state index is 7.50. The van der Waals surface area contributed by atoms with Crippen LogP contribution in [0.4, 0.5) is 0 Å². The van der Waals surface area contributed by atoms with Gasteiger partial charge in [-0.2, -0.15) is 0 Å². The first-order valence-electron chi connectivity index (χ1n) is 40.8. The van der Waals surface area contributed by atoms with Crippen LogP contribution in [0.15, 0.2) is 97.1 Å². The van der Waals surface area contributed by atoms with Crippen molar-refractivity contribution in [3.63, 3.8) is 0 Å². The minimum absolute atomic E-state index is 0.109. The van der Waals surface area contributed by atoms with E-state index in [0.717, 1.165) is 135 Å². The molecule has 20 bridgehead atoms. The lowest BCUT2D eigenvalue weighted by Gasteiger charge is -2.29. The van der Waals surface area contributed by atoms with Gasteiger partial charge < -0.3 is 47.4 Å². The molecule has 4 aliphatic heterocycles. The smallest absolute Gasteiger partial charge is 0.192 e. The van der Waals surface area contributed by atoms with Crippen molar-refractivity contribution in [1.29, 1.82) is 0 Å². The van der Waals surface area contributed by atoms with Gasteiger partial charge in [-0.25, -0.2) is 0 Å². The van der Waals surface area contributed by atoms with E-state index in [0.29, 0.717) is 77.8 Å². The molecule has 10 heteroatoms. The van der Waals surface area contributed by atoms with E-state index in [9.17, 15) is 0 Å². The van der Waals surface area contributed by atoms with Gasteiger partial charge in [-0.1, -0.05) is 263 Å². The standard InChI is InChI=1S/C100H132O10/c1-29-103-85-61-33-69-49-81(97(17,18)19)51-71-35-63-43-78(94(8,9)10)45-65(86(63)104-30-2)37-73-53-83(99(23,24)25)55-75-39-67-47-80(96(14,15)16)48-68(88(67)106-32-4)40-76-56-84(100(26,27)28)54-74(92(76)110-60-101-57-107-89(69)71)38-66-46-79(95(11,12)13)44-64(87(66)105-31-3)36-72-52-82(98(20,21)22)50-70(90(72)108-58-102-59-109-91(73)75)34-62(85)42-77(41-61)93(5,6)7/h41-56H,29-40,57-60H2,1-28H3. The summed E-state index contributed by atoms with van der Waals surface area (Å²) in [5.74, 6) is 6.40. The van der Waals surface area contributed by atoms with Crippen molar-refractivity contribution < 1.29 is 47.4 Å². The lowest BCUT2D eigenvalue weighted by atomic mass is 9.79. The van der Waals surface area contributed by atoms with E-state index in [-0.39, 0.29) is 70.5 Å². The summed E-state index contributed by atoms with van der Waals surface area (Å²) in [4.78, 5) is 0. The Bertz CT molecular complexity index is 3890. The summed E-state index contributed by atoms with van der Waals surface area (Å²) in [6.07, 6.45) is 3.90. The van der Waals surface area contributed by atoms with Gasteiger partial charge in [0, 0.05) is 51.4 Å². The quantitative estimate of drug-likeness (QED) is 0.146. The summed E-state index contributed by atoms with van der Waals surface area (Å²) in [6, 6.07) is 38.1. The molecule has 10 nitrogen and oxygen atoms in total. The highest BCUT2D eigenvalue weighted by atomic mass is 16.7. The molecule has 4 aliphatic rings. The van der Waals surface area contributed by atoms with E-state index >= 15 is 0 Å². The molecule has 592 valence electrons. The molecule has 110 heavy (non-hydrogen) atoms. The molecule has 0 fully saturated rings. The van der Waals surface area contributed by atoms with E-state index in [1.54, 1.807) is 0 Å². The minimum atomic E-state index is -0.277. The zero-order valence-corrected chi connectivity index (χ0v) is 72.6. The predicted molar refractivity (Wildman–Crippen MR) is 452 cm³/mol. The number of hydrogen-bond acceptors (Lipinski definition) is 10. The molecule has 8 aromatic carbocycles. The van der Waals surface area contributed by atoms with Gasteiger partial charge in [-0.05, 0) is 205 Å². The largest absolute Gasteiger partial charge is 0.493 e. The van der Waals surface area contributed by atoms with Crippen LogP contribution in [-0.2, 0) is 104 Å². The highest BCUT2D eigenvalue weighted by Crippen LogP contribution is 2.49. The van der Waals surface area contributed by atoms with Gasteiger partial charge in [0.2, 0.25) is 0 Å². The molecule has 0 saturated heterocycles. The van der Waals surface area contributed by atoms with Crippen molar-refractivity contribution in [3.8, 4) is 46.0 Å². The van der Waals surface area contributed by atoms with Crippen LogP contribution in [0.1, 0.15) is 327 Å². The van der Waals surface area contributed by atoms with E-state index in [1.807, 2.05) is 0 Å². The molecule has 4 heterocycles. The van der Waals surface area contributed by atoms with Crippen LogP contribution in [-0.4, -0.2) is 53.6 Å². The van der Waals surface area contributed by atoms with Crippen molar-refractivity contribution in [2.45, 2.75) is 289 Å². The maximum atomic E-state index is 7.50. The monoisotopic (exact) mass is 1490 g/mol. The van der Waals surface area contributed by atoms with E-state index in [1.165, 1.54) is 44.5 Å². The number of benzene rings is 8. The van der Waals surface area contributed by atoms with E-state index in [2.05, 4.69) is 291 Å². The van der Waals surface area contributed by atoms with Crippen LogP contribution in [0.25, 0.3) is 0 Å². The Kier molecular flexibility index (Phi) is 24.1. The summed E-state index contributed by atoms with van der Waals surface area (Å²) in [7, 11) is 0. The molecule has 0 spiro atoms. The third kappa shape index (κ3) is 18.9. The summed E-state index contributed by atoms with van der Waals surface area (Å²) >= 11 is 0. The molecule has 0 atom stereocenters. The molecule has 0 amide bonds. The molecule has 0 aliphatic carbocycles. The topological polar surface area (TPSA) is 92.3 Å². The molecule has 12 rings (SSSR count). The first-order chi connectivity index (χ1) is 51.3. The normalized spacial score (nSPS) is 15.0. The van der Waals surface area contributed by atoms with Gasteiger partial charge in [-0.3, -0.25) is 0 Å². The SMILES string of the molecule is CCOc1c2cc(C(C)(C)C)cc1Cc1cc(C(C)(C)C)cc3c1OCOCOc1c4cc(C(C)(C)C)cc1Cc1cc(C(C)(C)C)cc(c1OCC)Cc1cc(C(C)(C)C)cc(c1OCOCOc1c(cc(C(C)(C)C)cc1Cc1cc(C(C)(C)C)cc(c1OCC)C4)C2)Cc1cc(C(C)(C)C)cc(c1OCC)C3. The van der Waals surface area contributed by atoms with Crippen molar-refractivity contribution in [2.24, 2.45) is 0 Å². The summed E-state index contributed by atoms with van der Waals surface area (Å²) < 4.78 is 72.6.